The number of nitriles is 1. The third-order valence-corrected chi connectivity index (χ3v) is 4.53. The van der Waals surface area contributed by atoms with Gasteiger partial charge < -0.3 is 10.6 Å². The Hall–Kier alpha value is -3.46. The quantitative estimate of drug-likeness (QED) is 0.475. The monoisotopic (exact) mass is 391 g/mol. The van der Waals surface area contributed by atoms with E-state index in [1.165, 1.54) is 7.05 Å². The van der Waals surface area contributed by atoms with Gasteiger partial charge in [0.05, 0.1) is 11.6 Å². The molecule has 2 aromatic carbocycles. The molecule has 0 unspecified atom stereocenters. The smallest absolute Gasteiger partial charge is 0.287 e. The Labute approximate surface area is 170 Å². The van der Waals surface area contributed by atoms with Crippen molar-refractivity contribution in [1.29, 1.82) is 5.26 Å². The largest absolute Gasteiger partial charge is 0.353 e. The first-order valence-corrected chi connectivity index (χ1v) is 9.69. The Morgan fingerprint density at radius 2 is 1.59 bits per heavy atom. The Morgan fingerprint density at radius 3 is 2.24 bits per heavy atom. The molecule has 2 aromatic rings. The van der Waals surface area contributed by atoms with Gasteiger partial charge in [-0.15, -0.1) is 0 Å². The third-order valence-electron chi connectivity index (χ3n) is 4.53. The van der Waals surface area contributed by atoms with Crippen LogP contribution in [0.1, 0.15) is 44.1 Å². The van der Waals surface area contributed by atoms with Gasteiger partial charge in [-0.25, -0.2) is 0 Å². The molecule has 0 aliphatic carbocycles. The van der Waals surface area contributed by atoms with E-state index in [-0.39, 0.29) is 12.3 Å². The first-order valence-electron chi connectivity index (χ1n) is 9.69. The lowest BCUT2D eigenvalue weighted by atomic mass is 10.0. The first-order chi connectivity index (χ1) is 14.0. The summed E-state index contributed by atoms with van der Waals surface area (Å²) in [5.41, 5.74) is 3.28. The van der Waals surface area contributed by atoms with Gasteiger partial charge in [0, 0.05) is 25.6 Å². The number of likely N-dealkylation sites (N-methyl/N-ethyl adjacent to an activating group) is 1. The molecule has 2 N–H and O–H groups in total. The van der Waals surface area contributed by atoms with Gasteiger partial charge >= 0.3 is 0 Å². The summed E-state index contributed by atoms with van der Waals surface area (Å²) in [6.45, 7) is 0. The molecule has 2 amide bonds. The zero-order valence-corrected chi connectivity index (χ0v) is 16.5. The molecule has 0 fully saturated rings. The van der Waals surface area contributed by atoms with Gasteiger partial charge in [-0.3, -0.25) is 14.4 Å². The molecule has 2 rings (SSSR count). The van der Waals surface area contributed by atoms with Crippen LogP contribution >= 0.6 is 0 Å². The number of rotatable bonds is 10. The predicted molar refractivity (Wildman–Crippen MR) is 112 cm³/mol. The van der Waals surface area contributed by atoms with Crippen molar-refractivity contribution >= 4 is 23.3 Å². The minimum atomic E-state index is -0.549. The fraction of sp³-hybridized carbons (Fsp3) is 0.304. The van der Waals surface area contributed by atoms with E-state index in [1.54, 1.807) is 12.1 Å². The molecule has 0 spiro atoms. The van der Waals surface area contributed by atoms with Crippen molar-refractivity contribution in [2.75, 3.05) is 12.4 Å². The highest BCUT2D eigenvalue weighted by Crippen LogP contribution is 2.23. The standard InChI is InChI=1S/C23H25N3O3/c1-25-23(29)21(27)9-4-2-3-5-10-22(28)26-20-8-6-7-19(15-20)18-13-11-17(16-24)12-14-18/h6-8,11-15H,2-5,9-10H2,1H3,(H,25,29)(H,26,28). The highest BCUT2D eigenvalue weighted by molar-refractivity contribution is 6.36. The molecule has 0 aliphatic rings. The van der Waals surface area contributed by atoms with Gasteiger partial charge in [-0.05, 0) is 48.2 Å². The summed E-state index contributed by atoms with van der Waals surface area (Å²) < 4.78 is 0. The van der Waals surface area contributed by atoms with Crippen LogP contribution in [0.5, 0.6) is 0 Å². The van der Waals surface area contributed by atoms with E-state index in [4.69, 9.17) is 5.26 Å². The molecule has 0 heterocycles. The molecule has 0 atom stereocenters. The molecule has 6 heteroatoms. The fourth-order valence-corrected chi connectivity index (χ4v) is 2.91. The van der Waals surface area contributed by atoms with Crippen molar-refractivity contribution in [1.82, 2.24) is 5.32 Å². The van der Waals surface area contributed by atoms with Gasteiger partial charge in [0.15, 0.2) is 0 Å². The number of hydrogen-bond donors (Lipinski definition) is 2. The maximum atomic E-state index is 12.2. The van der Waals surface area contributed by atoms with Gasteiger partial charge in [-0.2, -0.15) is 5.26 Å². The molecular weight excluding hydrogens is 366 g/mol. The maximum Gasteiger partial charge on any atom is 0.287 e. The second kappa shape index (κ2) is 11.4. The number of nitrogens with one attached hydrogen (secondary N) is 2. The van der Waals surface area contributed by atoms with Crippen molar-refractivity contribution in [3.05, 3.63) is 54.1 Å². The summed E-state index contributed by atoms with van der Waals surface area (Å²) in [6, 6.07) is 17.0. The number of carbonyl (C=O) groups excluding carboxylic acids is 3. The van der Waals surface area contributed by atoms with Gasteiger partial charge in [0.2, 0.25) is 11.7 Å². The number of Topliss-reactive ketones (excluding diaryl/α,β-unsaturated/α-hetero) is 1. The van der Waals surface area contributed by atoms with E-state index in [9.17, 15) is 14.4 Å². The predicted octanol–water partition coefficient (Wildman–Crippen LogP) is 3.82. The number of unbranched alkanes of at least 4 members (excludes halogenated alkanes) is 3. The van der Waals surface area contributed by atoms with Gasteiger partial charge in [0.1, 0.15) is 0 Å². The minimum Gasteiger partial charge on any atom is -0.353 e. The summed E-state index contributed by atoms with van der Waals surface area (Å²) >= 11 is 0. The van der Waals surface area contributed by atoms with E-state index in [0.29, 0.717) is 18.4 Å². The number of benzene rings is 2. The molecule has 0 aromatic heterocycles. The second-order valence-corrected chi connectivity index (χ2v) is 6.73. The maximum absolute atomic E-state index is 12.2. The second-order valence-electron chi connectivity index (χ2n) is 6.73. The summed E-state index contributed by atoms with van der Waals surface area (Å²) in [4.78, 5) is 34.7. The number of carbonyl (C=O) groups is 3. The fourth-order valence-electron chi connectivity index (χ4n) is 2.91. The lowest BCUT2D eigenvalue weighted by Gasteiger charge is -2.08. The summed E-state index contributed by atoms with van der Waals surface area (Å²) in [5, 5.41) is 14.1. The molecule has 0 aliphatic heterocycles. The normalized spacial score (nSPS) is 10.1. The van der Waals surface area contributed by atoms with E-state index < -0.39 is 11.7 Å². The van der Waals surface area contributed by atoms with Crippen LogP contribution in [0.4, 0.5) is 5.69 Å². The first kappa shape index (κ1) is 21.8. The summed E-state index contributed by atoms with van der Waals surface area (Å²) in [5.74, 6) is -0.997. The van der Waals surface area contributed by atoms with Gasteiger partial charge in [0.25, 0.3) is 5.91 Å². The van der Waals surface area contributed by atoms with Crippen LogP contribution in [0.15, 0.2) is 48.5 Å². The Balaban J connectivity index is 1.74. The van der Waals surface area contributed by atoms with Crippen molar-refractivity contribution in [3.8, 4) is 17.2 Å². The van der Waals surface area contributed by atoms with Crippen LogP contribution in [-0.2, 0) is 14.4 Å². The van der Waals surface area contributed by atoms with Crippen LogP contribution in [0.3, 0.4) is 0 Å². The topological polar surface area (TPSA) is 99.1 Å². The Bertz CT molecular complexity index is 898. The number of amides is 2. The van der Waals surface area contributed by atoms with Crippen molar-refractivity contribution in [2.24, 2.45) is 0 Å². The van der Waals surface area contributed by atoms with Crippen LogP contribution in [0, 0.1) is 11.3 Å². The third kappa shape index (κ3) is 7.23. The summed E-state index contributed by atoms with van der Waals surface area (Å²) in [6.07, 6.45) is 3.68. The molecule has 150 valence electrons. The van der Waals surface area contributed by atoms with E-state index >= 15 is 0 Å². The Morgan fingerprint density at radius 1 is 0.897 bits per heavy atom. The van der Waals surface area contributed by atoms with Crippen molar-refractivity contribution in [3.63, 3.8) is 0 Å². The number of anilines is 1. The molecule has 0 radical (unpaired) electrons. The average molecular weight is 391 g/mol. The molecule has 29 heavy (non-hydrogen) atoms. The Kier molecular flexibility index (Phi) is 8.58. The number of nitrogens with zero attached hydrogens (tertiary/aromatic N) is 1. The van der Waals surface area contributed by atoms with Crippen molar-refractivity contribution in [2.45, 2.75) is 38.5 Å². The number of hydrogen-bond acceptors (Lipinski definition) is 4. The van der Waals surface area contributed by atoms with E-state index in [2.05, 4.69) is 16.7 Å². The van der Waals surface area contributed by atoms with Crippen molar-refractivity contribution < 1.29 is 14.4 Å². The van der Waals surface area contributed by atoms with Crippen LogP contribution in [-0.4, -0.2) is 24.6 Å². The highest BCUT2D eigenvalue weighted by atomic mass is 16.2. The van der Waals surface area contributed by atoms with Crippen LogP contribution in [0.25, 0.3) is 11.1 Å². The van der Waals surface area contributed by atoms with Crippen LogP contribution in [0.2, 0.25) is 0 Å². The van der Waals surface area contributed by atoms with Crippen LogP contribution < -0.4 is 10.6 Å². The molecule has 0 bridgehead atoms. The summed E-state index contributed by atoms with van der Waals surface area (Å²) in [7, 11) is 1.44. The SMILES string of the molecule is CNC(=O)C(=O)CCCCCCC(=O)Nc1cccc(-c2ccc(C#N)cc2)c1. The molecule has 6 nitrogen and oxygen atoms in total. The highest BCUT2D eigenvalue weighted by Gasteiger charge is 2.10. The molecular formula is C23H25N3O3. The minimum absolute atomic E-state index is 0.0524. The lowest BCUT2D eigenvalue weighted by molar-refractivity contribution is -0.137. The van der Waals surface area contributed by atoms with E-state index in [1.807, 2.05) is 36.4 Å². The lowest BCUT2D eigenvalue weighted by Crippen LogP contribution is -2.27. The van der Waals surface area contributed by atoms with E-state index in [0.717, 1.165) is 36.1 Å². The zero-order valence-electron chi connectivity index (χ0n) is 16.5. The van der Waals surface area contributed by atoms with Gasteiger partial charge in [-0.1, -0.05) is 37.1 Å². The molecule has 0 saturated carbocycles. The average Bonchev–Trinajstić information content (AvgIpc) is 2.75. The molecule has 0 saturated heterocycles. The zero-order chi connectivity index (χ0) is 21.1. The number of ketones is 1.